The number of hydrogen-bond donors (Lipinski definition) is 1. The normalized spacial score (nSPS) is 17.2. The highest BCUT2D eigenvalue weighted by Crippen LogP contribution is 2.19. The fraction of sp³-hybridized carbons (Fsp3) is 0.538. The Kier molecular flexibility index (Phi) is 3.18. The second-order valence-corrected chi connectivity index (χ2v) is 6.02. The van der Waals surface area contributed by atoms with Crippen LogP contribution in [0.2, 0.25) is 0 Å². The number of aromatic nitrogens is 2. The Labute approximate surface area is 110 Å². The smallest absolute Gasteiger partial charge is 0.262 e. The molecule has 1 saturated carbocycles. The van der Waals surface area contributed by atoms with Crippen molar-refractivity contribution in [3.8, 4) is 0 Å². The summed E-state index contributed by atoms with van der Waals surface area (Å²) in [6.07, 6.45) is 4.28. The summed E-state index contributed by atoms with van der Waals surface area (Å²) < 4.78 is 1.73. The van der Waals surface area contributed by atoms with E-state index in [-0.39, 0.29) is 5.56 Å². The van der Waals surface area contributed by atoms with E-state index in [9.17, 15) is 4.79 Å². The molecule has 1 N–H and O–H groups in total. The molecule has 1 atom stereocenters. The minimum atomic E-state index is 0.0829. The monoisotopic (exact) mass is 263 g/mol. The van der Waals surface area contributed by atoms with Crippen molar-refractivity contribution in [1.29, 1.82) is 0 Å². The second kappa shape index (κ2) is 4.82. The molecule has 5 heteroatoms. The van der Waals surface area contributed by atoms with E-state index in [1.807, 2.05) is 11.4 Å². The first-order chi connectivity index (χ1) is 8.74. The molecule has 0 bridgehead atoms. The van der Waals surface area contributed by atoms with Crippen molar-refractivity contribution in [2.45, 2.75) is 32.4 Å². The van der Waals surface area contributed by atoms with Gasteiger partial charge in [-0.1, -0.05) is 6.92 Å². The summed E-state index contributed by atoms with van der Waals surface area (Å²) in [5, 5.41) is 6.15. The first kappa shape index (κ1) is 11.9. The zero-order valence-corrected chi connectivity index (χ0v) is 11.2. The molecule has 0 aliphatic heterocycles. The summed E-state index contributed by atoms with van der Waals surface area (Å²) in [6, 6.07) is 2.58. The summed E-state index contributed by atoms with van der Waals surface area (Å²) in [7, 11) is 0. The third-order valence-corrected chi connectivity index (χ3v) is 4.11. The highest BCUT2D eigenvalue weighted by molar-refractivity contribution is 7.16. The van der Waals surface area contributed by atoms with Gasteiger partial charge in [0.05, 0.1) is 11.7 Å². The standard InChI is InChI=1S/C13H17N3OS/c1-9(6-14-10-2-3-10)7-16-8-15-12-11(13(16)17)4-5-18-12/h4-5,8-10,14H,2-3,6-7H2,1H3. The lowest BCUT2D eigenvalue weighted by molar-refractivity contribution is 0.436. The molecule has 0 saturated heterocycles. The van der Waals surface area contributed by atoms with Crippen molar-refractivity contribution in [2.75, 3.05) is 6.54 Å². The highest BCUT2D eigenvalue weighted by atomic mass is 32.1. The van der Waals surface area contributed by atoms with Crippen LogP contribution in [0.4, 0.5) is 0 Å². The van der Waals surface area contributed by atoms with Crippen LogP contribution in [0.5, 0.6) is 0 Å². The average Bonchev–Trinajstić information content (AvgIpc) is 3.06. The SMILES string of the molecule is CC(CNC1CC1)Cn1cnc2sccc2c1=O. The van der Waals surface area contributed by atoms with Crippen LogP contribution in [0.3, 0.4) is 0 Å². The maximum Gasteiger partial charge on any atom is 0.262 e. The summed E-state index contributed by atoms with van der Waals surface area (Å²) in [4.78, 5) is 17.3. The molecule has 1 fully saturated rings. The van der Waals surface area contributed by atoms with Crippen LogP contribution in [0.25, 0.3) is 10.2 Å². The van der Waals surface area contributed by atoms with Gasteiger partial charge >= 0.3 is 0 Å². The van der Waals surface area contributed by atoms with Crippen LogP contribution in [-0.4, -0.2) is 22.1 Å². The van der Waals surface area contributed by atoms with Crippen molar-refractivity contribution in [2.24, 2.45) is 5.92 Å². The van der Waals surface area contributed by atoms with Gasteiger partial charge in [-0.05, 0) is 36.8 Å². The van der Waals surface area contributed by atoms with Gasteiger partial charge in [-0.25, -0.2) is 4.98 Å². The van der Waals surface area contributed by atoms with Crippen molar-refractivity contribution in [1.82, 2.24) is 14.9 Å². The molecule has 0 spiro atoms. The lowest BCUT2D eigenvalue weighted by atomic mass is 10.2. The zero-order chi connectivity index (χ0) is 12.5. The number of nitrogens with one attached hydrogen (secondary N) is 1. The van der Waals surface area contributed by atoms with Crippen molar-refractivity contribution in [3.05, 3.63) is 28.1 Å². The fourth-order valence-corrected chi connectivity index (χ4v) is 2.80. The van der Waals surface area contributed by atoms with E-state index < -0.39 is 0 Å². The van der Waals surface area contributed by atoms with Crippen LogP contribution in [0.1, 0.15) is 19.8 Å². The molecule has 0 radical (unpaired) electrons. The molecule has 1 unspecified atom stereocenters. The van der Waals surface area contributed by atoms with Gasteiger partial charge in [0.2, 0.25) is 0 Å². The molecular weight excluding hydrogens is 246 g/mol. The third-order valence-electron chi connectivity index (χ3n) is 3.29. The topological polar surface area (TPSA) is 46.9 Å². The van der Waals surface area contributed by atoms with Crippen molar-refractivity contribution < 1.29 is 0 Å². The molecule has 2 aromatic heterocycles. The number of hydrogen-bond acceptors (Lipinski definition) is 4. The predicted molar refractivity (Wildman–Crippen MR) is 74.1 cm³/mol. The lowest BCUT2D eigenvalue weighted by Crippen LogP contribution is -2.29. The van der Waals surface area contributed by atoms with Gasteiger partial charge in [-0.2, -0.15) is 0 Å². The van der Waals surface area contributed by atoms with E-state index in [1.54, 1.807) is 10.9 Å². The second-order valence-electron chi connectivity index (χ2n) is 5.13. The van der Waals surface area contributed by atoms with Gasteiger partial charge in [0.1, 0.15) is 4.83 Å². The number of fused-ring (bicyclic) bond motifs is 1. The number of nitrogens with zero attached hydrogens (tertiary/aromatic N) is 2. The van der Waals surface area contributed by atoms with Crippen LogP contribution >= 0.6 is 11.3 Å². The van der Waals surface area contributed by atoms with Crippen LogP contribution in [0.15, 0.2) is 22.6 Å². The molecule has 96 valence electrons. The summed E-state index contributed by atoms with van der Waals surface area (Å²) >= 11 is 1.51. The van der Waals surface area contributed by atoms with Gasteiger partial charge in [-0.15, -0.1) is 11.3 Å². The summed E-state index contributed by atoms with van der Waals surface area (Å²) in [5.74, 6) is 0.446. The lowest BCUT2D eigenvalue weighted by Gasteiger charge is -2.13. The molecule has 1 aliphatic rings. The first-order valence-corrected chi connectivity index (χ1v) is 7.28. The molecule has 3 rings (SSSR count). The Bertz CT molecular complexity index is 600. The maximum atomic E-state index is 12.2. The minimum Gasteiger partial charge on any atom is -0.314 e. The van der Waals surface area contributed by atoms with E-state index in [4.69, 9.17) is 0 Å². The molecule has 1 aliphatic carbocycles. The van der Waals surface area contributed by atoms with Crippen molar-refractivity contribution in [3.63, 3.8) is 0 Å². The Balaban J connectivity index is 1.72. The Morgan fingerprint density at radius 2 is 2.44 bits per heavy atom. The zero-order valence-electron chi connectivity index (χ0n) is 10.4. The van der Waals surface area contributed by atoms with E-state index in [2.05, 4.69) is 17.2 Å². The van der Waals surface area contributed by atoms with E-state index in [0.29, 0.717) is 5.92 Å². The first-order valence-electron chi connectivity index (χ1n) is 6.40. The van der Waals surface area contributed by atoms with Gasteiger partial charge in [-0.3, -0.25) is 9.36 Å². The Hall–Kier alpha value is -1.20. The molecule has 2 aromatic rings. The van der Waals surface area contributed by atoms with Crippen LogP contribution < -0.4 is 10.9 Å². The predicted octanol–water partition coefficient (Wildman–Crippen LogP) is 1.85. The van der Waals surface area contributed by atoms with Crippen LogP contribution in [0, 0.1) is 5.92 Å². The fourth-order valence-electron chi connectivity index (χ4n) is 2.08. The largest absolute Gasteiger partial charge is 0.314 e. The third kappa shape index (κ3) is 2.47. The van der Waals surface area contributed by atoms with Crippen LogP contribution in [-0.2, 0) is 6.54 Å². The van der Waals surface area contributed by atoms with Crippen molar-refractivity contribution >= 4 is 21.6 Å². The molecule has 4 nitrogen and oxygen atoms in total. The molecule has 2 heterocycles. The van der Waals surface area contributed by atoms with Gasteiger partial charge in [0.25, 0.3) is 5.56 Å². The van der Waals surface area contributed by atoms with Gasteiger partial charge in [0.15, 0.2) is 0 Å². The van der Waals surface area contributed by atoms with E-state index >= 15 is 0 Å². The maximum absolute atomic E-state index is 12.2. The molecule has 0 aromatic carbocycles. The highest BCUT2D eigenvalue weighted by Gasteiger charge is 2.21. The Morgan fingerprint density at radius 1 is 1.61 bits per heavy atom. The average molecular weight is 263 g/mol. The summed E-state index contributed by atoms with van der Waals surface area (Å²) in [5.41, 5.74) is 0.0829. The van der Waals surface area contributed by atoms with E-state index in [0.717, 1.165) is 29.3 Å². The molecule has 18 heavy (non-hydrogen) atoms. The van der Waals surface area contributed by atoms with Gasteiger partial charge in [0, 0.05) is 12.6 Å². The Morgan fingerprint density at radius 3 is 3.22 bits per heavy atom. The molecule has 0 amide bonds. The van der Waals surface area contributed by atoms with Gasteiger partial charge < -0.3 is 5.32 Å². The molecular formula is C13H17N3OS. The quantitative estimate of drug-likeness (QED) is 0.895. The number of thiophene rings is 1. The summed E-state index contributed by atoms with van der Waals surface area (Å²) in [6.45, 7) is 3.87. The minimum absolute atomic E-state index is 0.0829. The van der Waals surface area contributed by atoms with E-state index in [1.165, 1.54) is 24.2 Å². The number of rotatable bonds is 5.